The molecule has 2 rings (SSSR count). The summed E-state index contributed by atoms with van der Waals surface area (Å²) in [7, 11) is 0. The maximum Gasteiger partial charge on any atom is 0.573 e. The number of halogens is 5. The largest absolute Gasteiger partial charge is 0.573 e. The van der Waals surface area contributed by atoms with Crippen LogP contribution in [0.5, 0.6) is 5.75 Å². The summed E-state index contributed by atoms with van der Waals surface area (Å²) in [6.07, 6.45) is -4.77. The lowest BCUT2D eigenvalue weighted by Gasteiger charge is -2.13. The van der Waals surface area contributed by atoms with Gasteiger partial charge in [0.25, 0.3) is 0 Å². The van der Waals surface area contributed by atoms with Gasteiger partial charge in [-0.3, -0.25) is 0 Å². The van der Waals surface area contributed by atoms with Crippen molar-refractivity contribution in [2.75, 3.05) is 11.1 Å². The first kappa shape index (κ1) is 15.4. The number of nitrogens with two attached hydrogens (primary N) is 1. The molecule has 2 aromatic rings. The van der Waals surface area contributed by atoms with Gasteiger partial charge in [-0.2, -0.15) is 0 Å². The normalized spacial score (nSPS) is 11.3. The highest BCUT2D eigenvalue weighted by Gasteiger charge is 2.31. The molecule has 0 aromatic heterocycles. The van der Waals surface area contributed by atoms with Gasteiger partial charge >= 0.3 is 6.36 Å². The van der Waals surface area contributed by atoms with E-state index in [1.165, 1.54) is 30.3 Å². The van der Waals surface area contributed by atoms with Crippen molar-refractivity contribution in [2.24, 2.45) is 0 Å². The van der Waals surface area contributed by atoms with Crippen molar-refractivity contribution in [3.05, 3.63) is 46.7 Å². The highest BCUT2D eigenvalue weighted by atomic mass is 79.9. The molecule has 112 valence electrons. The van der Waals surface area contributed by atoms with Crippen molar-refractivity contribution in [2.45, 2.75) is 6.36 Å². The lowest BCUT2D eigenvalue weighted by molar-refractivity contribution is -0.274. The monoisotopic (exact) mass is 364 g/mol. The molecule has 0 unspecified atom stereocenters. The molecular formula is C13H9BrF4N2O. The summed E-state index contributed by atoms with van der Waals surface area (Å²) in [4.78, 5) is 0. The van der Waals surface area contributed by atoms with Gasteiger partial charge in [-0.15, -0.1) is 13.2 Å². The summed E-state index contributed by atoms with van der Waals surface area (Å²) in [5.74, 6) is -0.858. The number of nitrogen functional groups attached to an aromatic ring is 1. The van der Waals surface area contributed by atoms with Crippen LogP contribution in [0.3, 0.4) is 0 Å². The Labute approximate surface area is 125 Å². The zero-order chi connectivity index (χ0) is 15.6. The van der Waals surface area contributed by atoms with E-state index in [0.29, 0.717) is 17.1 Å². The SMILES string of the molecule is Nc1ccc(F)cc1Nc1ccc(OC(F)(F)F)c(Br)c1. The fraction of sp³-hybridized carbons (Fsp3) is 0.0769. The Balaban J connectivity index is 2.22. The number of ether oxygens (including phenoxy) is 1. The maximum absolute atomic E-state index is 13.1. The highest BCUT2D eigenvalue weighted by Crippen LogP contribution is 2.34. The van der Waals surface area contributed by atoms with Gasteiger partial charge in [-0.1, -0.05) is 0 Å². The van der Waals surface area contributed by atoms with Gasteiger partial charge in [0.05, 0.1) is 15.8 Å². The number of rotatable bonds is 3. The molecule has 0 amide bonds. The number of benzene rings is 2. The van der Waals surface area contributed by atoms with Gasteiger partial charge in [0, 0.05) is 5.69 Å². The molecule has 0 spiro atoms. The van der Waals surface area contributed by atoms with Crippen LogP contribution < -0.4 is 15.8 Å². The maximum atomic E-state index is 13.1. The minimum absolute atomic E-state index is 0.0970. The van der Waals surface area contributed by atoms with Crippen LogP contribution in [0.1, 0.15) is 0 Å². The van der Waals surface area contributed by atoms with Crippen LogP contribution in [0.25, 0.3) is 0 Å². The summed E-state index contributed by atoms with van der Waals surface area (Å²) >= 11 is 2.98. The molecule has 2 aromatic carbocycles. The Kier molecular flexibility index (Phi) is 4.26. The molecular weight excluding hydrogens is 356 g/mol. The van der Waals surface area contributed by atoms with Crippen molar-refractivity contribution in [3.63, 3.8) is 0 Å². The van der Waals surface area contributed by atoms with Crippen LogP contribution in [0.4, 0.5) is 34.6 Å². The minimum Gasteiger partial charge on any atom is -0.405 e. The van der Waals surface area contributed by atoms with Crippen LogP contribution in [0.15, 0.2) is 40.9 Å². The second kappa shape index (κ2) is 5.80. The average Bonchev–Trinajstić information content (AvgIpc) is 2.36. The summed E-state index contributed by atoms with van der Waals surface area (Å²) in [5, 5.41) is 2.81. The van der Waals surface area contributed by atoms with E-state index in [-0.39, 0.29) is 10.2 Å². The topological polar surface area (TPSA) is 47.3 Å². The van der Waals surface area contributed by atoms with E-state index in [9.17, 15) is 17.6 Å². The lowest BCUT2D eigenvalue weighted by Crippen LogP contribution is -2.17. The molecule has 0 bridgehead atoms. The Morgan fingerprint density at radius 1 is 1.10 bits per heavy atom. The third kappa shape index (κ3) is 4.25. The molecule has 0 saturated heterocycles. The summed E-state index contributed by atoms with van der Waals surface area (Å²) in [6, 6.07) is 7.63. The summed E-state index contributed by atoms with van der Waals surface area (Å²) in [6.45, 7) is 0. The molecule has 0 aliphatic heterocycles. The Morgan fingerprint density at radius 2 is 1.81 bits per heavy atom. The molecule has 0 heterocycles. The quantitative estimate of drug-likeness (QED) is 0.606. The fourth-order valence-corrected chi connectivity index (χ4v) is 2.04. The first-order valence-corrected chi connectivity index (χ1v) is 6.41. The Morgan fingerprint density at radius 3 is 2.43 bits per heavy atom. The van der Waals surface area contributed by atoms with Gasteiger partial charge in [0.15, 0.2) is 0 Å². The zero-order valence-corrected chi connectivity index (χ0v) is 11.9. The number of hydrogen-bond donors (Lipinski definition) is 2. The van der Waals surface area contributed by atoms with Gasteiger partial charge in [0.1, 0.15) is 11.6 Å². The van der Waals surface area contributed by atoms with E-state index in [4.69, 9.17) is 5.73 Å². The zero-order valence-electron chi connectivity index (χ0n) is 10.3. The van der Waals surface area contributed by atoms with Gasteiger partial charge in [0.2, 0.25) is 0 Å². The van der Waals surface area contributed by atoms with Gasteiger partial charge in [-0.05, 0) is 52.3 Å². The molecule has 0 aliphatic rings. The van der Waals surface area contributed by atoms with E-state index in [2.05, 4.69) is 26.0 Å². The minimum atomic E-state index is -4.77. The summed E-state index contributed by atoms with van der Waals surface area (Å²) < 4.78 is 53.5. The van der Waals surface area contributed by atoms with Crippen molar-refractivity contribution in [1.82, 2.24) is 0 Å². The van der Waals surface area contributed by atoms with Crippen LogP contribution in [-0.4, -0.2) is 6.36 Å². The van der Waals surface area contributed by atoms with Crippen LogP contribution in [0, 0.1) is 5.82 Å². The number of hydrogen-bond acceptors (Lipinski definition) is 3. The van der Waals surface area contributed by atoms with E-state index in [0.717, 1.165) is 6.07 Å². The molecule has 3 nitrogen and oxygen atoms in total. The van der Waals surface area contributed by atoms with Crippen molar-refractivity contribution in [1.29, 1.82) is 0 Å². The third-order valence-electron chi connectivity index (χ3n) is 2.45. The lowest BCUT2D eigenvalue weighted by atomic mass is 10.2. The number of alkyl halides is 3. The van der Waals surface area contributed by atoms with Crippen LogP contribution in [-0.2, 0) is 0 Å². The Hall–Kier alpha value is -1.96. The smallest absolute Gasteiger partial charge is 0.405 e. The summed E-state index contributed by atoms with van der Waals surface area (Å²) in [5.41, 5.74) is 6.72. The molecule has 21 heavy (non-hydrogen) atoms. The standard InChI is InChI=1S/C13H9BrF4N2O/c14-9-6-8(2-4-12(9)21-13(16,17)18)20-11-5-7(15)1-3-10(11)19/h1-6,20H,19H2. The predicted octanol–water partition coefficient (Wildman–Crippen LogP) is 4.81. The molecule has 0 aliphatic carbocycles. The van der Waals surface area contributed by atoms with Crippen molar-refractivity contribution in [3.8, 4) is 5.75 Å². The average molecular weight is 365 g/mol. The van der Waals surface area contributed by atoms with Crippen molar-refractivity contribution >= 4 is 33.0 Å². The fourth-order valence-electron chi connectivity index (χ4n) is 1.58. The molecule has 3 N–H and O–H groups in total. The molecule has 0 fully saturated rings. The van der Waals surface area contributed by atoms with Gasteiger partial charge in [-0.25, -0.2) is 4.39 Å². The van der Waals surface area contributed by atoms with Crippen molar-refractivity contribution < 1.29 is 22.3 Å². The van der Waals surface area contributed by atoms with E-state index in [1.54, 1.807) is 0 Å². The molecule has 0 radical (unpaired) electrons. The highest BCUT2D eigenvalue weighted by molar-refractivity contribution is 9.10. The van der Waals surface area contributed by atoms with Crippen LogP contribution >= 0.6 is 15.9 Å². The molecule has 0 atom stereocenters. The second-order valence-corrected chi connectivity index (χ2v) is 4.90. The van der Waals surface area contributed by atoms with E-state index < -0.39 is 12.2 Å². The molecule has 8 heteroatoms. The first-order chi connectivity index (χ1) is 9.74. The van der Waals surface area contributed by atoms with E-state index in [1.807, 2.05) is 0 Å². The van der Waals surface area contributed by atoms with Gasteiger partial charge < -0.3 is 15.8 Å². The first-order valence-electron chi connectivity index (χ1n) is 5.62. The molecule has 0 saturated carbocycles. The Bertz CT molecular complexity index is 661. The van der Waals surface area contributed by atoms with Crippen LogP contribution in [0.2, 0.25) is 0 Å². The van der Waals surface area contributed by atoms with E-state index >= 15 is 0 Å². The predicted molar refractivity (Wildman–Crippen MR) is 74.9 cm³/mol. The number of nitrogens with one attached hydrogen (secondary N) is 1. The number of anilines is 3. The second-order valence-electron chi connectivity index (χ2n) is 4.05. The third-order valence-corrected chi connectivity index (χ3v) is 3.07.